The zero-order chi connectivity index (χ0) is 23.7. The standard InChI is InChI=1S/C23H21N3O7/c1-2-33-16-10-11-18(20(12-16)26(31)32)24-19-4-3-5-21(27)23(19)17(13-22(24)28)14-6-8-15(9-7-14)25(29)30/h6-12,17H,2-5,13H2,1H3. The molecular weight excluding hydrogens is 430 g/mol. The number of carbonyl (C=O) groups is 2. The average molecular weight is 451 g/mol. The number of hydrogen-bond donors (Lipinski definition) is 0. The Bertz CT molecular complexity index is 1190. The van der Waals surface area contributed by atoms with Gasteiger partial charge in [0.05, 0.1) is 22.5 Å². The van der Waals surface area contributed by atoms with Crippen molar-refractivity contribution in [3.63, 3.8) is 0 Å². The SMILES string of the molecule is CCOc1ccc(N2C(=O)CC(c3ccc([N+](=O)[O-])cc3)C3=C2CCCC3=O)c([N+](=O)[O-])c1. The summed E-state index contributed by atoms with van der Waals surface area (Å²) in [6.07, 6.45) is 1.18. The molecule has 2 aliphatic rings. The number of nitro benzene ring substituents is 2. The molecule has 0 spiro atoms. The predicted octanol–water partition coefficient (Wildman–Crippen LogP) is 4.43. The van der Waals surface area contributed by atoms with Crippen LogP contribution >= 0.6 is 0 Å². The molecule has 1 atom stereocenters. The van der Waals surface area contributed by atoms with E-state index in [2.05, 4.69) is 0 Å². The molecule has 1 unspecified atom stereocenters. The smallest absolute Gasteiger partial charge is 0.297 e. The number of ether oxygens (including phenoxy) is 1. The molecule has 0 aromatic heterocycles. The number of nitro groups is 2. The van der Waals surface area contributed by atoms with E-state index >= 15 is 0 Å². The van der Waals surface area contributed by atoms with Crippen LogP contribution in [0, 0.1) is 20.2 Å². The van der Waals surface area contributed by atoms with Crippen LogP contribution < -0.4 is 9.64 Å². The molecule has 0 fully saturated rings. The van der Waals surface area contributed by atoms with Crippen molar-refractivity contribution in [3.8, 4) is 5.75 Å². The third-order valence-corrected chi connectivity index (χ3v) is 5.88. The fourth-order valence-electron chi connectivity index (χ4n) is 4.48. The minimum atomic E-state index is -0.571. The third kappa shape index (κ3) is 4.07. The number of amides is 1. The number of carbonyl (C=O) groups excluding carboxylic acids is 2. The highest BCUT2D eigenvalue weighted by Crippen LogP contribution is 2.46. The Morgan fingerprint density at radius 2 is 1.76 bits per heavy atom. The minimum absolute atomic E-state index is 0.0766. The van der Waals surface area contributed by atoms with Gasteiger partial charge in [-0.1, -0.05) is 12.1 Å². The highest BCUT2D eigenvalue weighted by Gasteiger charge is 2.41. The molecule has 1 aliphatic heterocycles. The predicted molar refractivity (Wildman–Crippen MR) is 118 cm³/mol. The molecule has 2 aromatic rings. The Morgan fingerprint density at radius 1 is 1.03 bits per heavy atom. The lowest BCUT2D eigenvalue weighted by molar-refractivity contribution is -0.384. The maximum Gasteiger partial charge on any atom is 0.297 e. The maximum atomic E-state index is 13.3. The molecule has 0 saturated heterocycles. The zero-order valence-electron chi connectivity index (χ0n) is 17.9. The topological polar surface area (TPSA) is 133 Å². The van der Waals surface area contributed by atoms with Crippen LogP contribution in [-0.2, 0) is 9.59 Å². The van der Waals surface area contributed by atoms with Gasteiger partial charge >= 0.3 is 0 Å². The molecule has 1 heterocycles. The van der Waals surface area contributed by atoms with E-state index in [1.165, 1.54) is 29.2 Å². The van der Waals surface area contributed by atoms with E-state index < -0.39 is 15.8 Å². The molecule has 1 aliphatic carbocycles. The number of nitrogens with zero attached hydrogens (tertiary/aromatic N) is 3. The first-order chi connectivity index (χ1) is 15.8. The number of ketones is 1. The number of non-ortho nitro benzene ring substituents is 1. The first-order valence-electron chi connectivity index (χ1n) is 10.6. The van der Waals surface area contributed by atoms with Crippen LogP contribution in [-0.4, -0.2) is 28.1 Å². The Kier molecular flexibility index (Phi) is 5.91. The molecule has 10 nitrogen and oxygen atoms in total. The number of rotatable bonds is 6. The molecule has 0 bridgehead atoms. The third-order valence-electron chi connectivity index (χ3n) is 5.88. The molecule has 170 valence electrons. The summed E-state index contributed by atoms with van der Waals surface area (Å²) in [6.45, 7) is 2.09. The first kappa shape index (κ1) is 22.1. The van der Waals surface area contributed by atoms with E-state index in [0.717, 1.165) is 0 Å². The Hall–Kier alpha value is -4.08. The summed E-state index contributed by atoms with van der Waals surface area (Å²) in [6, 6.07) is 10.1. The van der Waals surface area contributed by atoms with Crippen LogP contribution in [0.4, 0.5) is 17.1 Å². The summed E-state index contributed by atoms with van der Waals surface area (Å²) >= 11 is 0. The van der Waals surface area contributed by atoms with Gasteiger partial charge in [-0.25, -0.2) is 0 Å². The maximum absolute atomic E-state index is 13.3. The quantitative estimate of drug-likeness (QED) is 0.468. The van der Waals surface area contributed by atoms with Gasteiger partial charge < -0.3 is 4.74 Å². The highest BCUT2D eigenvalue weighted by molar-refractivity contribution is 6.08. The van der Waals surface area contributed by atoms with Crippen LogP contribution in [0.5, 0.6) is 5.75 Å². The Balaban J connectivity index is 1.84. The van der Waals surface area contributed by atoms with Crippen LogP contribution in [0.2, 0.25) is 0 Å². The molecular formula is C23H21N3O7. The van der Waals surface area contributed by atoms with Gasteiger partial charge in [0.2, 0.25) is 5.91 Å². The van der Waals surface area contributed by atoms with Crippen molar-refractivity contribution in [2.45, 2.75) is 38.5 Å². The minimum Gasteiger partial charge on any atom is -0.494 e. The second kappa shape index (κ2) is 8.81. The Labute approximate surface area is 188 Å². The second-order valence-electron chi connectivity index (χ2n) is 7.81. The van der Waals surface area contributed by atoms with Crippen molar-refractivity contribution >= 4 is 28.8 Å². The van der Waals surface area contributed by atoms with Gasteiger partial charge in [0.15, 0.2) is 5.78 Å². The van der Waals surface area contributed by atoms with Gasteiger partial charge in [-0.05, 0) is 37.5 Å². The lowest BCUT2D eigenvalue weighted by atomic mass is 9.77. The average Bonchev–Trinajstić information content (AvgIpc) is 2.79. The van der Waals surface area contributed by atoms with Gasteiger partial charge in [-0.15, -0.1) is 0 Å². The van der Waals surface area contributed by atoms with E-state index in [0.29, 0.717) is 48.5 Å². The fraction of sp³-hybridized carbons (Fsp3) is 0.304. The van der Waals surface area contributed by atoms with E-state index in [4.69, 9.17) is 4.74 Å². The Morgan fingerprint density at radius 3 is 2.39 bits per heavy atom. The summed E-state index contributed by atoms with van der Waals surface area (Å²) in [7, 11) is 0. The summed E-state index contributed by atoms with van der Waals surface area (Å²) in [4.78, 5) is 49.3. The lowest BCUT2D eigenvalue weighted by Gasteiger charge is -2.38. The largest absolute Gasteiger partial charge is 0.494 e. The van der Waals surface area contributed by atoms with Crippen LogP contribution in [0.15, 0.2) is 53.7 Å². The van der Waals surface area contributed by atoms with E-state index in [9.17, 15) is 29.8 Å². The monoisotopic (exact) mass is 451 g/mol. The molecule has 0 N–H and O–H groups in total. The number of hydrogen-bond acceptors (Lipinski definition) is 7. The first-order valence-corrected chi connectivity index (χ1v) is 10.6. The molecule has 10 heteroatoms. The van der Waals surface area contributed by atoms with Crippen LogP contribution in [0.1, 0.15) is 44.1 Å². The van der Waals surface area contributed by atoms with Gasteiger partial charge in [0, 0.05) is 42.2 Å². The molecule has 0 radical (unpaired) electrons. The van der Waals surface area contributed by atoms with Gasteiger partial charge in [0.1, 0.15) is 11.4 Å². The molecule has 0 saturated carbocycles. The van der Waals surface area contributed by atoms with Crippen molar-refractivity contribution in [2.75, 3.05) is 11.5 Å². The molecule has 33 heavy (non-hydrogen) atoms. The highest BCUT2D eigenvalue weighted by atomic mass is 16.6. The summed E-state index contributed by atoms with van der Waals surface area (Å²) < 4.78 is 5.37. The normalized spacial score (nSPS) is 18.2. The number of benzene rings is 2. The van der Waals surface area contributed by atoms with E-state index in [-0.39, 0.29) is 35.2 Å². The van der Waals surface area contributed by atoms with Crippen molar-refractivity contribution in [1.82, 2.24) is 0 Å². The van der Waals surface area contributed by atoms with Crippen molar-refractivity contribution in [2.24, 2.45) is 0 Å². The number of Topliss-reactive ketones (excluding diaryl/α,β-unsaturated/α-hetero) is 1. The molecule has 2 aromatic carbocycles. The van der Waals surface area contributed by atoms with Crippen molar-refractivity contribution in [3.05, 3.63) is 79.5 Å². The zero-order valence-corrected chi connectivity index (χ0v) is 17.9. The van der Waals surface area contributed by atoms with Crippen LogP contribution in [0.3, 0.4) is 0 Å². The van der Waals surface area contributed by atoms with E-state index in [1.807, 2.05) is 0 Å². The molecule has 1 amide bonds. The van der Waals surface area contributed by atoms with E-state index in [1.54, 1.807) is 25.1 Å². The summed E-state index contributed by atoms with van der Waals surface area (Å²) in [5.41, 5.74) is 1.25. The molecule has 4 rings (SSSR count). The lowest BCUT2D eigenvalue weighted by Crippen LogP contribution is -2.40. The number of allylic oxidation sites excluding steroid dienone is 2. The number of anilines is 1. The van der Waals surface area contributed by atoms with Crippen molar-refractivity contribution < 1.29 is 24.2 Å². The van der Waals surface area contributed by atoms with Crippen molar-refractivity contribution in [1.29, 1.82) is 0 Å². The summed E-state index contributed by atoms with van der Waals surface area (Å²) in [5.74, 6) is -0.737. The summed E-state index contributed by atoms with van der Waals surface area (Å²) in [5, 5.41) is 22.8. The van der Waals surface area contributed by atoms with Gasteiger partial charge in [0.25, 0.3) is 11.4 Å². The fourth-order valence-corrected chi connectivity index (χ4v) is 4.48. The second-order valence-corrected chi connectivity index (χ2v) is 7.81. The van der Waals surface area contributed by atoms with Crippen LogP contribution in [0.25, 0.3) is 0 Å². The van der Waals surface area contributed by atoms with Gasteiger partial charge in [-0.3, -0.25) is 34.7 Å². The van der Waals surface area contributed by atoms with Gasteiger partial charge in [-0.2, -0.15) is 0 Å².